The van der Waals surface area contributed by atoms with Gasteiger partial charge in [0.2, 0.25) is 0 Å². The van der Waals surface area contributed by atoms with Gasteiger partial charge in [-0.1, -0.05) is 0 Å². The number of halogens is 5. The highest BCUT2D eigenvalue weighted by Gasteiger charge is 2.69. The van der Waals surface area contributed by atoms with E-state index in [2.05, 4.69) is 0 Å². The van der Waals surface area contributed by atoms with E-state index in [1.807, 2.05) is 0 Å². The predicted molar refractivity (Wildman–Crippen MR) is 20.4 cm³/mol. The van der Waals surface area contributed by atoms with Crippen LogP contribution < -0.4 is 0 Å². The van der Waals surface area contributed by atoms with Gasteiger partial charge in [-0.05, 0) is 0 Å². The molecule has 0 aromatic rings. The topological polar surface area (TPSA) is 60.7 Å². The Morgan fingerprint density at radius 2 is 0.818 bits per heavy atom. The van der Waals surface area contributed by atoms with Crippen molar-refractivity contribution in [1.29, 1.82) is 0 Å². The minimum Gasteiger partial charge on any atom is -0.348 e. The second-order valence-electron chi connectivity index (χ2n) is 1.70. The number of hydrogen-bond donors (Lipinski definition) is 3. The first kappa shape index (κ1) is 10.5. The zero-order valence-corrected chi connectivity index (χ0v) is 4.73. The van der Waals surface area contributed by atoms with Crippen molar-refractivity contribution >= 4 is 0 Å². The standard InChI is InChI=1S/C3H3F5O3/c4-1(9,2(5,6)10)3(7,8)11/h9-11H. The molecule has 0 spiro atoms. The summed E-state index contributed by atoms with van der Waals surface area (Å²) in [5.41, 5.74) is 0. The van der Waals surface area contributed by atoms with Gasteiger partial charge in [-0.3, -0.25) is 0 Å². The van der Waals surface area contributed by atoms with Gasteiger partial charge in [0.1, 0.15) is 0 Å². The van der Waals surface area contributed by atoms with Gasteiger partial charge in [0, 0.05) is 0 Å². The van der Waals surface area contributed by atoms with Crippen molar-refractivity contribution in [3.05, 3.63) is 0 Å². The van der Waals surface area contributed by atoms with E-state index in [-0.39, 0.29) is 0 Å². The lowest BCUT2D eigenvalue weighted by molar-refractivity contribution is -0.456. The lowest BCUT2D eigenvalue weighted by Crippen LogP contribution is -2.57. The van der Waals surface area contributed by atoms with E-state index in [9.17, 15) is 22.0 Å². The average molecular weight is 182 g/mol. The highest BCUT2D eigenvalue weighted by atomic mass is 19.3. The fraction of sp³-hybridized carbons (Fsp3) is 1.00. The van der Waals surface area contributed by atoms with E-state index >= 15 is 0 Å². The van der Waals surface area contributed by atoms with E-state index < -0.39 is 18.1 Å². The molecular formula is C3H3F5O3. The maximum absolute atomic E-state index is 11.7. The van der Waals surface area contributed by atoms with Crippen LogP contribution in [-0.2, 0) is 0 Å². The normalized spacial score (nSPS) is 15.3. The van der Waals surface area contributed by atoms with Crippen molar-refractivity contribution in [3.8, 4) is 0 Å². The Morgan fingerprint density at radius 1 is 0.636 bits per heavy atom. The van der Waals surface area contributed by atoms with Gasteiger partial charge in [0.05, 0.1) is 0 Å². The zero-order valence-electron chi connectivity index (χ0n) is 4.73. The quantitative estimate of drug-likeness (QED) is 0.519. The van der Waals surface area contributed by atoms with Crippen LogP contribution in [0.2, 0.25) is 0 Å². The summed E-state index contributed by atoms with van der Waals surface area (Å²) in [6.45, 7) is 0. The first-order chi connectivity index (χ1) is 4.50. The molecule has 0 atom stereocenters. The third kappa shape index (κ3) is 1.76. The van der Waals surface area contributed by atoms with Gasteiger partial charge >= 0.3 is 18.1 Å². The molecule has 0 unspecified atom stereocenters. The van der Waals surface area contributed by atoms with Gasteiger partial charge in [0.15, 0.2) is 0 Å². The number of hydrogen-bond acceptors (Lipinski definition) is 3. The monoisotopic (exact) mass is 182 g/mol. The Labute approximate surface area is 56.7 Å². The Bertz CT molecular complexity index is 128. The van der Waals surface area contributed by atoms with Crippen LogP contribution in [0, 0.1) is 0 Å². The molecule has 0 rings (SSSR count). The fourth-order valence-electron chi connectivity index (χ4n) is 0.181. The molecule has 0 amide bonds. The summed E-state index contributed by atoms with van der Waals surface area (Å²) in [5, 5.41) is 22.1. The van der Waals surface area contributed by atoms with Crippen LogP contribution >= 0.6 is 0 Å². The second-order valence-corrected chi connectivity index (χ2v) is 1.70. The highest BCUT2D eigenvalue weighted by Crippen LogP contribution is 2.38. The third-order valence-electron chi connectivity index (χ3n) is 0.797. The maximum Gasteiger partial charge on any atom is 0.421 e. The molecule has 0 aliphatic carbocycles. The van der Waals surface area contributed by atoms with Gasteiger partial charge in [-0.2, -0.15) is 22.0 Å². The van der Waals surface area contributed by atoms with Crippen LogP contribution in [-0.4, -0.2) is 33.4 Å². The molecule has 0 aromatic carbocycles. The molecule has 0 aromatic heterocycles. The summed E-state index contributed by atoms with van der Waals surface area (Å²) in [6, 6.07) is 0. The fourth-order valence-corrected chi connectivity index (χ4v) is 0.181. The van der Waals surface area contributed by atoms with E-state index in [0.717, 1.165) is 0 Å². The molecule has 3 N–H and O–H groups in total. The van der Waals surface area contributed by atoms with Gasteiger partial charge in [0.25, 0.3) is 0 Å². The molecule has 0 fully saturated rings. The summed E-state index contributed by atoms with van der Waals surface area (Å²) in [7, 11) is 0. The molecule has 3 nitrogen and oxygen atoms in total. The Balaban J connectivity index is 4.75. The Morgan fingerprint density at radius 3 is 0.818 bits per heavy atom. The van der Waals surface area contributed by atoms with E-state index in [4.69, 9.17) is 15.3 Å². The van der Waals surface area contributed by atoms with Crippen LogP contribution in [0.3, 0.4) is 0 Å². The first-order valence-corrected chi connectivity index (χ1v) is 2.12. The summed E-state index contributed by atoms with van der Waals surface area (Å²) in [4.78, 5) is 0. The zero-order chi connectivity index (χ0) is 9.50. The summed E-state index contributed by atoms with van der Waals surface area (Å²) < 4.78 is 56.8. The molecule has 0 saturated carbocycles. The lowest BCUT2D eigenvalue weighted by Gasteiger charge is -2.26. The van der Waals surface area contributed by atoms with Crippen molar-refractivity contribution < 1.29 is 37.3 Å². The molecule has 68 valence electrons. The van der Waals surface area contributed by atoms with E-state index in [0.29, 0.717) is 0 Å². The van der Waals surface area contributed by atoms with Gasteiger partial charge in [-0.25, -0.2) is 0 Å². The predicted octanol–water partition coefficient (Wildman–Crippen LogP) is -0.185. The van der Waals surface area contributed by atoms with Crippen molar-refractivity contribution in [2.45, 2.75) is 18.1 Å². The van der Waals surface area contributed by atoms with E-state index in [1.54, 1.807) is 0 Å². The molecular weight excluding hydrogens is 179 g/mol. The molecule has 0 aliphatic rings. The largest absolute Gasteiger partial charge is 0.421 e. The van der Waals surface area contributed by atoms with E-state index in [1.165, 1.54) is 0 Å². The van der Waals surface area contributed by atoms with Crippen molar-refractivity contribution in [2.75, 3.05) is 0 Å². The average Bonchev–Trinajstić information content (AvgIpc) is 1.58. The lowest BCUT2D eigenvalue weighted by atomic mass is 10.3. The minimum absolute atomic E-state index is 5.68. The number of alkyl halides is 5. The van der Waals surface area contributed by atoms with Gasteiger partial charge < -0.3 is 15.3 Å². The smallest absolute Gasteiger partial charge is 0.348 e. The minimum atomic E-state index is -5.73. The molecule has 0 bridgehead atoms. The van der Waals surface area contributed by atoms with Crippen molar-refractivity contribution in [3.63, 3.8) is 0 Å². The Kier molecular flexibility index (Phi) is 2.16. The van der Waals surface area contributed by atoms with Crippen LogP contribution in [0.1, 0.15) is 0 Å². The number of rotatable bonds is 2. The van der Waals surface area contributed by atoms with Gasteiger partial charge in [-0.15, -0.1) is 0 Å². The maximum atomic E-state index is 11.7. The van der Waals surface area contributed by atoms with Crippen LogP contribution in [0.25, 0.3) is 0 Å². The highest BCUT2D eigenvalue weighted by molar-refractivity contribution is 4.81. The van der Waals surface area contributed by atoms with Crippen molar-refractivity contribution in [1.82, 2.24) is 0 Å². The first-order valence-electron chi connectivity index (χ1n) is 2.12. The molecule has 11 heavy (non-hydrogen) atoms. The molecule has 0 heterocycles. The Hall–Kier alpha value is -0.470. The van der Waals surface area contributed by atoms with Crippen molar-refractivity contribution in [2.24, 2.45) is 0 Å². The van der Waals surface area contributed by atoms with Crippen LogP contribution in [0.15, 0.2) is 0 Å². The summed E-state index contributed by atoms with van der Waals surface area (Å²) in [6.07, 6.45) is -11.5. The van der Waals surface area contributed by atoms with Crippen LogP contribution in [0.4, 0.5) is 22.0 Å². The van der Waals surface area contributed by atoms with Crippen LogP contribution in [0.5, 0.6) is 0 Å². The molecule has 0 saturated heterocycles. The molecule has 0 radical (unpaired) electrons. The SMILES string of the molecule is OC(F)(F)C(O)(F)C(O)(F)F. The summed E-state index contributed by atoms with van der Waals surface area (Å²) >= 11 is 0. The molecule has 0 aliphatic heterocycles. The number of aliphatic hydroxyl groups is 3. The summed E-state index contributed by atoms with van der Waals surface area (Å²) in [5.74, 6) is -5.68. The second kappa shape index (κ2) is 2.26. The third-order valence-corrected chi connectivity index (χ3v) is 0.797. The molecule has 8 heteroatoms.